The fourth-order valence-corrected chi connectivity index (χ4v) is 2.97. The highest BCUT2D eigenvalue weighted by molar-refractivity contribution is 7.80. The van der Waals surface area contributed by atoms with E-state index in [0.29, 0.717) is 29.2 Å². The molecule has 0 bridgehead atoms. The van der Waals surface area contributed by atoms with E-state index in [-0.39, 0.29) is 16.8 Å². The van der Waals surface area contributed by atoms with Crippen molar-refractivity contribution in [2.75, 3.05) is 11.9 Å². The summed E-state index contributed by atoms with van der Waals surface area (Å²) in [6.07, 6.45) is 0.816. The van der Waals surface area contributed by atoms with E-state index < -0.39 is 0 Å². The van der Waals surface area contributed by atoms with Gasteiger partial charge in [0.05, 0.1) is 6.61 Å². The third-order valence-corrected chi connectivity index (χ3v) is 4.60. The fourth-order valence-electron chi connectivity index (χ4n) is 2.76. The topological polar surface area (TPSA) is 67.4 Å². The molecular weight excluding hydrogens is 396 g/mol. The number of nitrogens with one attached hydrogen (secondary N) is 2. The average Bonchev–Trinajstić information content (AvgIpc) is 2.75. The summed E-state index contributed by atoms with van der Waals surface area (Å²) in [5, 5.41) is 5.75. The van der Waals surface area contributed by atoms with Gasteiger partial charge in [-0.1, -0.05) is 30.3 Å². The molecule has 0 radical (unpaired) electrons. The third-order valence-electron chi connectivity index (χ3n) is 4.40. The van der Waals surface area contributed by atoms with Crippen molar-refractivity contribution in [2.24, 2.45) is 0 Å². The molecule has 0 fully saturated rings. The normalized spacial score (nSPS) is 10.2. The largest absolute Gasteiger partial charge is 0.493 e. The molecule has 5 nitrogen and oxygen atoms in total. The third kappa shape index (κ3) is 6.25. The van der Waals surface area contributed by atoms with Gasteiger partial charge in [0.1, 0.15) is 5.75 Å². The smallest absolute Gasteiger partial charge is 0.257 e. The van der Waals surface area contributed by atoms with Crippen LogP contribution in [0.3, 0.4) is 0 Å². The first-order chi connectivity index (χ1) is 14.5. The molecule has 0 aliphatic rings. The number of thiocarbonyl (C=S) groups is 1. The molecule has 6 heteroatoms. The number of hydrogen-bond acceptors (Lipinski definition) is 4. The van der Waals surface area contributed by atoms with E-state index >= 15 is 0 Å². The Morgan fingerprint density at radius 2 is 1.50 bits per heavy atom. The van der Waals surface area contributed by atoms with Gasteiger partial charge in [0.25, 0.3) is 5.91 Å². The zero-order valence-corrected chi connectivity index (χ0v) is 17.4. The van der Waals surface area contributed by atoms with Crippen molar-refractivity contribution in [2.45, 2.75) is 13.3 Å². The van der Waals surface area contributed by atoms with Crippen LogP contribution in [0.4, 0.5) is 5.69 Å². The summed E-state index contributed by atoms with van der Waals surface area (Å²) < 4.78 is 5.74. The quantitative estimate of drug-likeness (QED) is 0.432. The monoisotopic (exact) mass is 418 g/mol. The Balaban J connectivity index is 1.47. The van der Waals surface area contributed by atoms with Gasteiger partial charge >= 0.3 is 0 Å². The van der Waals surface area contributed by atoms with Crippen LogP contribution in [0.15, 0.2) is 78.9 Å². The van der Waals surface area contributed by atoms with Crippen LogP contribution in [0.5, 0.6) is 5.75 Å². The standard InChI is InChI=1S/C24H22N2O3S/c1-17(27)19-7-11-21(12-8-19)25-24(30)26-23(28)20-9-13-22(14-10-20)29-16-15-18-5-3-2-4-6-18/h2-14H,15-16H2,1H3,(H2,25,26,28,30). The van der Waals surface area contributed by atoms with Gasteiger partial charge in [0, 0.05) is 23.2 Å². The van der Waals surface area contributed by atoms with Crippen molar-refractivity contribution in [3.63, 3.8) is 0 Å². The maximum Gasteiger partial charge on any atom is 0.257 e. The number of hydrogen-bond donors (Lipinski definition) is 2. The molecule has 0 atom stereocenters. The van der Waals surface area contributed by atoms with Crippen LogP contribution in [0.1, 0.15) is 33.2 Å². The van der Waals surface area contributed by atoms with Crippen LogP contribution in [0, 0.1) is 0 Å². The molecule has 30 heavy (non-hydrogen) atoms. The van der Waals surface area contributed by atoms with Crippen LogP contribution < -0.4 is 15.4 Å². The number of Topliss-reactive ketones (excluding diaryl/α,β-unsaturated/α-hetero) is 1. The summed E-state index contributed by atoms with van der Waals surface area (Å²) in [4.78, 5) is 23.7. The zero-order valence-electron chi connectivity index (χ0n) is 16.6. The second-order valence-electron chi connectivity index (χ2n) is 6.65. The molecule has 0 saturated heterocycles. The summed E-state index contributed by atoms with van der Waals surface area (Å²) in [5.41, 5.74) is 2.99. The zero-order chi connectivity index (χ0) is 21.3. The van der Waals surface area contributed by atoms with E-state index in [9.17, 15) is 9.59 Å². The van der Waals surface area contributed by atoms with Crippen molar-refractivity contribution in [1.29, 1.82) is 0 Å². The number of ketones is 1. The Labute approximate surface area is 181 Å². The Hall–Kier alpha value is -3.51. The lowest BCUT2D eigenvalue weighted by Gasteiger charge is -2.11. The molecule has 0 saturated carbocycles. The Bertz CT molecular complexity index is 1020. The molecular formula is C24H22N2O3S. The minimum absolute atomic E-state index is 0.00933. The minimum atomic E-state index is -0.316. The average molecular weight is 419 g/mol. The van der Waals surface area contributed by atoms with E-state index in [1.807, 2.05) is 18.2 Å². The summed E-state index contributed by atoms with van der Waals surface area (Å²) in [7, 11) is 0. The highest BCUT2D eigenvalue weighted by atomic mass is 32.1. The maximum absolute atomic E-state index is 12.4. The summed E-state index contributed by atoms with van der Waals surface area (Å²) in [6, 6.07) is 23.9. The number of ether oxygens (including phenoxy) is 1. The molecule has 0 heterocycles. The van der Waals surface area contributed by atoms with Gasteiger partial charge in [0.15, 0.2) is 10.9 Å². The SMILES string of the molecule is CC(=O)c1ccc(NC(=S)NC(=O)c2ccc(OCCc3ccccc3)cc2)cc1. The first kappa shape index (κ1) is 21.2. The lowest BCUT2D eigenvalue weighted by Crippen LogP contribution is -2.34. The summed E-state index contributed by atoms with van der Waals surface area (Å²) in [6.45, 7) is 2.07. The molecule has 0 aromatic heterocycles. The predicted molar refractivity (Wildman–Crippen MR) is 122 cm³/mol. The van der Waals surface area contributed by atoms with Crippen LogP contribution in [0.2, 0.25) is 0 Å². The lowest BCUT2D eigenvalue weighted by molar-refractivity contribution is 0.0976. The van der Waals surface area contributed by atoms with Gasteiger partial charge in [-0.25, -0.2) is 0 Å². The molecule has 3 aromatic rings. The molecule has 2 N–H and O–H groups in total. The highest BCUT2D eigenvalue weighted by Gasteiger charge is 2.09. The molecule has 1 amide bonds. The fraction of sp³-hybridized carbons (Fsp3) is 0.125. The van der Waals surface area contributed by atoms with E-state index in [1.54, 1.807) is 48.5 Å². The number of amides is 1. The molecule has 0 spiro atoms. The second-order valence-corrected chi connectivity index (χ2v) is 7.06. The van der Waals surface area contributed by atoms with Crippen molar-refractivity contribution in [3.8, 4) is 5.75 Å². The minimum Gasteiger partial charge on any atom is -0.493 e. The first-order valence-electron chi connectivity index (χ1n) is 9.51. The molecule has 0 aliphatic carbocycles. The molecule has 3 aromatic carbocycles. The maximum atomic E-state index is 12.4. The number of carbonyl (C=O) groups is 2. The van der Waals surface area contributed by atoms with Crippen LogP contribution >= 0.6 is 12.2 Å². The van der Waals surface area contributed by atoms with Crippen molar-refractivity contribution in [1.82, 2.24) is 5.32 Å². The second kappa shape index (κ2) is 10.3. The summed E-state index contributed by atoms with van der Waals surface area (Å²) >= 11 is 5.19. The van der Waals surface area contributed by atoms with Crippen LogP contribution in [-0.4, -0.2) is 23.4 Å². The molecule has 0 unspecified atom stereocenters. The van der Waals surface area contributed by atoms with E-state index in [4.69, 9.17) is 17.0 Å². The van der Waals surface area contributed by atoms with Gasteiger partial charge < -0.3 is 10.1 Å². The van der Waals surface area contributed by atoms with Gasteiger partial charge in [-0.15, -0.1) is 0 Å². The Morgan fingerprint density at radius 3 is 2.13 bits per heavy atom. The first-order valence-corrected chi connectivity index (χ1v) is 9.92. The number of anilines is 1. The Morgan fingerprint density at radius 1 is 0.867 bits per heavy atom. The van der Waals surface area contributed by atoms with Crippen LogP contribution in [0.25, 0.3) is 0 Å². The lowest BCUT2D eigenvalue weighted by atomic mass is 10.1. The number of rotatable bonds is 7. The van der Waals surface area contributed by atoms with Gasteiger partial charge in [0.2, 0.25) is 0 Å². The predicted octanol–water partition coefficient (Wildman–Crippen LogP) is 4.64. The van der Waals surface area contributed by atoms with Crippen molar-refractivity contribution >= 4 is 34.7 Å². The summed E-state index contributed by atoms with van der Waals surface area (Å²) in [5.74, 6) is 0.377. The molecule has 3 rings (SSSR count). The molecule has 152 valence electrons. The number of carbonyl (C=O) groups excluding carboxylic acids is 2. The molecule has 0 aliphatic heterocycles. The van der Waals surface area contributed by atoms with Gasteiger partial charge in [-0.3, -0.25) is 14.9 Å². The van der Waals surface area contributed by atoms with Gasteiger partial charge in [-0.05, 0) is 73.2 Å². The number of benzene rings is 3. The van der Waals surface area contributed by atoms with Crippen molar-refractivity contribution < 1.29 is 14.3 Å². The highest BCUT2D eigenvalue weighted by Crippen LogP contribution is 2.14. The van der Waals surface area contributed by atoms with Crippen molar-refractivity contribution in [3.05, 3.63) is 95.6 Å². The van der Waals surface area contributed by atoms with E-state index in [2.05, 4.69) is 22.8 Å². The van der Waals surface area contributed by atoms with E-state index in [0.717, 1.165) is 6.42 Å². The Kier molecular flexibility index (Phi) is 7.29. The van der Waals surface area contributed by atoms with E-state index in [1.165, 1.54) is 12.5 Å². The van der Waals surface area contributed by atoms with Gasteiger partial charge in [-0.2, -0.15) is 0 Å². The van der Waals surface area contributed by atoms with Crippen LogP contribution in [-0.2, 0) is 6.42 Å².